The second kappa shape index (κ2) is 4.80. The highest BCUT2D eigenvalue weighted by Crippen LogP contribution is 1.97. The largest absolute Gasteiger partial charge is 0.385 e. The summed E-state index contributed by atoms with van der Waals surface area (Å²) in [5.74, 6) is 0. The van der Waals surface area contributed by atoms with Crippen LogP contribution >= 0.6 is 0 Å². The van der Waals surface area contributed by atoms with Crippen LogP contribution in [0.5, 0.6) is 0 Å². The minimum atomic E-state index is -0.354. The molecule has 0 bridgehead atoms. The lowest BCUT2D eigenvalue weighted by molar-refractivity contribution is -0.873. The van der Waals surface area contributed by atoms with Gasteiger partial charge < -0.3 is 14.3 Å². The first kappa shape index (κ1) is 11.9. The Kier molecular flexibility index (Phi) is 4.75. The molecule has 0 saturated heterocycles. The Morgan fingerprint density at radius 3 is 2.08 bits per heavy atom. The molecule has 1 atom stereocenters. The molecule has 0 aliphatic rings. The molecule has 0 radical (unpaired) electrons. The predicted octanol–water partition coefficient (Wildman–Crippen LogP) is 0.478. The van der Waals surface area contributed by atoms with Gasteiger partial charge in [0, 0.05) is 0 Å². The van der Waals surface area contributed by atoms with Gasteiger partial charge in [0.05, 0.1) is 33.9 Å². The fourth-order valence-electron chi connectivity index (χ4n) is 0.988. The Labute approximate surface area is 75.5 Å². The lowest BCUT2D eigenvalue weighted by Crippen LogP contribution is -2.43. The highest BCUT2D eigenvalue weighted by Gasteiger charge is 2.15. The van der Waals surface area contributed by atoms with Crippen molar-refractivity contribution in [2.45, 2.75) is 26.1 Å². The molecule has 3 nitrogen and oxygen atoms in total. The Morgan fingerprint density at radius 2 is 1.75 bits per heavy atom. The standard InChI is InChI=1S/C9H22NO2/c1-8(2)12-7-9(11)6-10(3,4)5/h8-9,11H,6-7H2,1-5H3/q+1. The van der Waals surface area contributed by atoms with Crippen molar-refractivity contribution in [1.29, 1.82) is 0 Å². The van der Waals surface area contributed by atoms with Crippen molar-refractivity contribution >= 4 is 0 Å². The molecule has 0 aromatic rings. The minimum Gasteiger partial charge on any atom is -0.385 e. The molecule has 3 heteroatoms. The molecule has 1 N–H and O–H groups in total. The third-order valence-corrected chi connectivity index (χ3v) is 1.38. The van der Waals surface area contributed by atoms with Gasteiger partial charge in [-0.15, -0.1) is 0 Å². The van der Waals surface area contributed by atoms with Gasteiger partial charge in [-0.05, 0) is 13.8 Å². The molecule has 12 heavy (non-hydrogen) atoms. The van der Waals surface area contributed by atoms with E-state index in [-0.39, 0.29) is 12.2 Å². The lowest BCUT2D eigenvalue weighted by atomic mass is 10.3. The molecule has 0 aliphatic heterocycles. The molecule has 0 spiro atoms. The lowest BCUT2D eigenvalue weighted by Gasteiger charge is -2.26. The second-order valence-corrected chi connectivity index (χ2v) is 4.51. The number of hydrogen-bond donors (Lipinski definition) is 1. The van der Waals surface area contributed by atoms with Crippen LogP contribution in [0.3, 0.4) is 0 Å². The number of aliphatic hydroxyl groups excluding tert-OH is 1. The fraction of sp³-hybridized carbons (Fsp3) is 1.00. The van der Waals surface area contributed by atoms with Gasteiger partial charge >= 0.3 is 0 Å². The molecule has 0 amide bonds. The SMILES string of the molecule is CC(C)OCC(O)C[N+](C)(C)C. The van der Waals surface area contributed by atoms with Crippen LogP contribution in [0.15, 0.2) is 0 Å². The maximum absolute atomic E-state index is 9.49. The molecule has 0 fully saturated rings. The van der Waals surface area contributed by atoms with Gasteiger partial charge in [0.1, 0.15) is 12.6 Å². The summed E-state index contributed by atoms with van der Waals surface area (Å²) in [4.78, 5) is 0. The zero-order valence-electron chi connectivity index (χ0n) is 8.87. The Hall–Kier alpha value is -0.120. The van der Waals surface area contributed by atoms with E-state index < -0.39 is 0 Å². The maximum atomic E-state index is 9.49. The zero-order valence-corrected chi connectivity index (χ0v) is 8.87. The average molecular weight is 176 g/mol. The Balaban J connectivity index is 3.53. The third kappa shape index (κ3) is 7.98. The number of nitrogens with zero attached hydrogens (tertiary/aromatic N) is 1. The van der Waals surface area contributed by atoms with Crippen molar-refractivity contribution in [3.8, 4) is 0 Å². The van der Waals surface area contributed by atoms with Crippen molar-refractivity contribution in [3.05, 3.63) is 0 Å². The van der Waals surface area contributed by atoms with Crippen LogP contribution < -0.4 is 0 Å². The van der Waals surface area contributed by atoms with E-state index >= 15 is 0 Å². The molecular weight excluding hydrogens is 154 g/mol. The van der Waals surface area contributed by atoms with E-state index in [1.807, 2.05) is 13.8 Å². The summed E-state index contributed by atoms with van der Waals surface area (Å²) in [6.45, 7) is 5.11. The van der Waals surface area contributed by atoms with Crippen molar-refractivity contribution in [3.63, 3.8) is 0 Å². The van der Waals surface area contributed by atoms with Gasteiger partial charge in [-0.25, -0.2) is 0 Å². The number of ether oxygens (including phenoxy) is 1. The molecule has 0 aromatic carbocycles. The van der Waals surface area contributed by atoms with Crippen LogP contribution in [0.4, 0.5) is 0 Å². The van der Waals surface area contributed by atoms with Crippen molar-refractivity contribution < 1.29 is 14.3 Å². The van der Waals surface area contributed by atoms with Gasteiger partial charge in [0.2, 0.25) is 0 Å². The number of rotatable bonds is 5. The van der Waals surface area contributed by atoms with Crippen LogP contribution in [0.25, 0.3) is 0 Å². The molecule has 0 heterocycles. The predicted molar refractivity (Wildman–Crippen MR) is 50.0 cm³/mol. The van der Waals surface area contributed by atoms with Crippen molar-refractivity contribution in [1.82, 2.24) is 0 Å². The van der Waals surface area contributed by atoms with Crippen LogP contribution in [0, 0.1) is 0 Å². The summed E-state index contributed by atoms with van der Waals surface area (Å²) in [5.41, 5.74) is 0. The zero-order chi connectivity index (χ0) is 9.78. The minimum absolute atomic E-state index is 0.201. The molecule has 0 aliphatic carbocycles. The molecular formula is C9H22NO2+. The smallest absolute Gasteiger partial charge is 0.126 e. The highest BCUT2D eigenvalue weighted by molar-refractivity contribution is 4.52. The summed E-state index contributed by atoms with van der Waals surface area (Å²) in [6.07, 6.45) is -0.153. The highest BCUT2D eigenvalue weighted by atomic mass is 16.5. The van der Waals surface area contributed by atoms with E-state index in [4.69, 9.17) is 4.74 Å². The van der Waals surface area contributed by atoms with Crippen LogP contribution in [-0.4, -0.2) is 56.1 Å². The van der Waals surface area contributed by atoms with Gasteiger partial charge in [0.15, 0.2) is 0 Å². The molecule has 0 aromatic heterocycles. The number of aliphatic hydroxyl groups is 1. The van der Waals surface area contributed by atoms with E-state index in [1.165, 1.54) is 0 Å². The van der Waals surface area contributed by atoms with Gasteiger partial charge in [0.25, 0.3) is 0 Å². The Morgan fingerprint density at radius 1 is 1.25 bits per heavy atom. The summed E-state index contributed by atoms with van der Waals surface area (Å²) < 4.78 is 6.06. The average Bonchev–Trinajstić information content (AvgIpc) is 1.79. The topological polar surface area (TPSA) is 29.5 Å². The van der Waals surface area contributed by atoms with Crippen LogP contribution in [0.2, 0.25) is 0 Å². The summed E-state index contributed by atoms with van der Waals surface area (Å²) in [7, 11) is 6.16. The third-order valence-electron chi connectivity index (χ3n) is 1.38. The normalized spacial score (nSPS) is 15.2. The summed E-state index contributed by atoms with van der Waals surface area (Å²) in [6, 6.07) is 0. The first-order chi connectivity index (χ1) is 5.31. The van der Waals surface area contributed by atoms with Crippen LogP contribution in [-0.2, 0) is 4.74 Å². The monoisotopic (exact) mass is 176 g/mol. The van der Waals surface area contributed by atoms with E-state index in [1.54, 1.807) is 0 Å². The fourth-order valence-corrected chi connectivity index (χ4v) is 0.988. The first-order valence-corrected chi connectivity index (χ1v) is 4.41. The summed E-state index contributed by atoms with van der Waals surface area (Å²) in [5, 5.41) is 9.49. The second-order valence-electron chi connectivity index (χ2n) is 4.51. The van der Waals surface area contributed by atoms with E-state index in [2.05, 4.69) is 21.1 Å². The molecule has 0 rings (SSSR count). The molecule has 74 valence electrons. The van der Waals surface area contributed by atoms with E-state index in [0.29, 0.717) is 6.61 Å². The van der Waals surface area contributed by atoms with E-state index in [0.717, 1.165) is 11.0 Å². The Bertz CT molecular complexity index is 118. The maximum Gasteiger partial charge on any atom is 0.126 e. The van der Waals surface area contributed by atoms with Crippen LogP contribution in [0.1, 0.15) is 13.8 Å². The van der Waals surface area contributed by atoms with E-state index in [9.17, 15) is 5.11 Å². The quantitative estimate of drug-likeness (QED) is 0.617. The first-order valence-electron chi connectivity index (χ1n) is 4.41. The van der Waals surface area contributed by atoms with Crippen molar-refractivity contribution in [2.75, 3.05) is 34.3 Å². The van der Waals surface area contributed by atoms with Crippen molar-refractivity contribution in [2.24, 2.45) is 0 Å². The summed E-state index contributed by atoms with van der Waals surface area (Å²) >= 11 is 0. The molecule has 0 saturated carbocycles. The number of hydrogen-bond acceptors (Lipinski definition) is 2. The molecule has 1 unspecified atom stereocenters. The van der Waals surface area contributed by atoms with Gasteiger partial charge in [-0.1, -0.05) is 0 Å². The van der Waals surface area contributed by atoms with Gasteiger partial charge in [-0.3, -0.25) is 0 Å². The van der Waals surface area contributed by atoms with Gasteiger partial charge in [-0.2, -0.15) is 0 Å². The number of likely N-dealkylation sites (N-methyl/N-ethyl adjacent to an activating group) is 1. The number of quaternary nitrogens is 1.